The van der Waals surface area contributed by atoms with Gasteiger partial charge in [-0.2, -0.15) is 0 Å². The van der Waals surface area contributed by atoms with E-state index in [2.05, 4.69) is 23.8 Å². The summed E-state index contributed by atoms with van der Waals surface area (Å²) in [4.78, 5) is 12.0. The lowest BCUT2D eigenvalue weighted by molar-refractivity contribution is -0.125. The fourth-order valence-corrected chi connectivity index (χ4v) is 2.00. The summed E-state index contributed by atoms with van der Waals surface area (Å²) in [7, 11) is 0. The van der Waals surface area contributed by atoms with E-state index in [1.807, 2.05) is 0 Å². The number of nitrogens with one attached hydrogen (secondary N) is 2. The van der Waals surface area contributed by atoms with Gasteiger partial charge in [0.25, 0.3) is 0 Å². The summed E-state index contributed by atoms with van der Waals surface area (Å²) in [6.45, 7) is 9.37. The third-order valence-electron chi connectivity index (χ3n) is 2.96. The summed E-state index contributed by atoms with van der Waals surface area (Å²) in [6.07, 6.45) is 7.11. The van der Waals surface area contributed by atoms with Crippen LogP contribution in [0.2, 0.25) is 0 Å². The van der Waals surface area contributed by atoms with Crippen molar-refractivity contribution in [2.24, 2.45) is 5.92 Å². The Bertz CT molecular complexity index is 240. The number of allylic oxidation sites excluding steroid dienone is 2. The van der Waals surface area contributed by atoms with Crippen LogP contribution in [0.25, 0.3) is 0 Å². The molecule has 0 bridgehead atoms. The first kappa shape index (κ1) is 16.2. The van der Waals surface area contributed by atoms with Crippen LogP contribution in [0.4, 0.5) is 0 Å². The van der Waals surface area contributed by atoms with Gasteiger partial charge in [-0.15, -0.1) is 25.6 Å². The van der Waals surface area contributed by atoms with Gasteiger partial charge in [0.2, 0.25) is 5.91 Å². The predicted octanol–water partition coefficient (Wildman–Crippen LogP) is 2.04. The van der Waals surface area contributed by atoms with Gasteiger partial charge < -0.3 is 10.6 Å². The van der Waals surface area contributed by atoms with Crippen molar-refractivity contribution in [2.75, 3.05) is 13.1 Å². The molecule has 0 aromatic carbocycles. The molecule has 0 atom stereocenters. The molecule has 3 nitrogen and oxygen atoms in total. The van der Waals surface area contributed by atoms with E-state index < -0.39 is 0 Å². The topological polar surface area (TPSA) is 41.1 Å². The van der Waals surface area contributed by atoms with Gasteiger partial charge in [-0.3, -0.25) is 4.79 Å². The van der Waals surface area contributed by atoms with Gasteiger partial charge in [-0.1, -0.05) is 12.2 Å². The molecule has 1 fully saturated rings. The summed E-state index contributed by atoms with van der Waals surface area (Å²) in [5.41, 5.74) is 0. The maximum Gasteiger partial charge on any atom is 0.223 e. The Labute approximate surface area is 110 Å². The summed E-state index contributed by atoms with van der Waals surface area (Å²) in [5, 5.41) is 6.40. The van der Waals surface area contributed by atoms with Crippen molar-refractivity contribution in [3.8, 4) is 0 Å². The monoisotopic (exact) mass is 258 g/mol. The van der Waals surface area contributed by atoms with Crippen LogP contribution in [0, 0.1) is 5.92 Å². The number of rotatable bonds is 6. The zero-order chi connectivity index (χ0) is 11.8. The summed E-state index contributed by atoms with van der Waals surface area (Å²) < 4.78 is 0. The Morgan fingerprint density at radius 1 is 1.29 bits per heavy atom. The van der Waals surface area contributed by atoms with Gasteiger partial charge in [0.1, 0.15) is 0 Å². The second-order valence-electron chi connectivity index (χ2n) is 4.28. The number of piperidine rings is 1. The molecule has 1 heterocycles. The number of amides is 1. The second kappa shape index (κ2) is 9.25. The van der Waals surface area contributed by atoms with Gasteiger partial charge in [-0.25, -0.2) is 0 Å². The molecule has 0 aromatic rings. The van der Waals surface area contributed by atoms with Crippen molar-refractivity contribution >= 4 is 18.3 Å². The SMILES string of the molecule is C=CCC(CC=C)C(=O)NC1CCNCC1.Cl. The Morgan fingerprint density at radius 2 is 1.82 bits per heavy atom. The molecule has 0 radical (unpaired) electrons. The lowest BCUT2D eigenvalue weighted by atomic mass is 9.98. The van der Waals surface area contributed by atoms with E-state index in [0.29, 0.717) is 6.04 Å². The van der Waals surface area contributed by atoms with Gasteiger partial charge in [0.15, 0.2) is 0 Å². The van der Waals surface area contributed by atoms with Crippen LogP contribution in [0.3, 0.4) is 0 Å². The fraction of sp³-hybridized carbons (Fsp3) is 0.615. The standard InChI is InChI=1S/C13H22N2O.ClH/c1-3-5-11(6-4-2)13(16)15-12-7-9-14-10-8-12;/h3-4,11-12,14H,1-2,5-10H2,(H,15,16);1H. The Morgan fingerprint density at radius 3 is 2.29 bits per heavy atom. The zero-order valence-corrected chi connectivity index (χ0v) is 11.1. The number of carbonyl (C=O) groups excluding carboxylic acids is 1. The fourth-order valence-electron chi connectivity index (χ4n) is 2.00. The van der Waals surface area contributed by atoms with Crippen LogP contribution in [0.1, 0.15) is 25.7 Å². The van der Waals surface area contributed by atoms with Crippen LogP contribution >= 0.6 is 12.4 Å². The highest BCUT2D eigenvalue weighted by molar-refractivity contribution is 5.85. The maximum atomic E-state index is 12.0. The third-order valence-corrected chi connectivity index (χ3v) is 2.96. The Kier molecular flexibility index (Phi) is 8.82. The third kappa shape index (κ3) is 5.89. The van der Waals surface area contributed by atoms with Crippen molar-refractivity contribution in [1.82, 2.24) is 10.6 Å². The van der Waals surface area contributed by atoms with E-state index >= 15 is 0 Å². The van der Waals surface area contributed by atoms with Crippen LogP contribution in [-0.4, -0.2) is 25.0 Å². The van der Waals surface area contributed by atoms with Gasteiger partial charge in [0, 0.05) is 12.0 Å². The normalized spacial score (nSPS) is 16.1. The largest absolute Gasteiger partial charge is 0.353 e. The van der Waals surface area contributed by atoms with Crippen LogP contribution in [0.5, 0.6) is 0 Å². The van der Waals surface area contributed by atoms with Crippen LogP contribution < -0.4 is 10.6 Å². The van der Waals surface area contributed by atoms with Crippen molar-refractivity contribution in [1.29, 1.82) is 0 Å². The molecule has 0 aliphatic carbocycles. The van der Waals surface area contributed by atoms with Gasteiger partial charge >= 0.3 is 0 Å². The number of hydrogen-bond donors (Lipinski definition) is 2. The molecule has 1 aliphatic rings. The van der Waals surface area contributed by atoms with E-state index in [-0.39, 0.29) is 24.2 Å². The molecule has 17 heavy (non-hydrogen) atoms. The summed E-state index contributed by atoms with van der Waals surface area (Å²) >= 11 is 0. The highest BCUT2D eigenvalue weighted by atomic mass is 35.5. The molecule has 1 aliphatic heterocycles. The first-order valence-electron chi connectivity index (χ1n) is 6.00. The number of hydrogen-bond acceptors (Lipinski definition) is 2. The molecule has 1 rings (SSSR count). The first-order valence-corrected chi connectivity index (χ1v) is 6.00. The lowest BCUT2D eigenvalue weighted by Gasteiger charge is -2.25. The van der Waals surface area contributed by atoms with Crippen molar-refractivity contribution in [2.45, 2.75) is 31.7 Å². The smallest absolute Gasteiger partial charge is 0.223 e. The molecule has 2 N–H and O–H groups in total. The lowest BCUT2D eigenvalue weighted by Crippen LogP contribution is -2.44. The molecular formula is C13H23ClN2O. The highest BCUT2D eigenvalue weighted by Gasteiger charge is 2.20. The van der Waals surface area contributed by atoms with E-state index in [0.717, 1.165) is 38.8 Å². The second-order valence-corrected chi connectivity index (χ2v) is 4.28. The van der Waals surface area contributed by atoms with E-state index in [1.165, 1.54) is 0 Å². The molecule has 1 amide bonds. The molecular weight excluding hydrogens is 236 g/mol. The van der Waals surface area contributed by atoms with Gasteiger partial charge in [0.05, 0.1) is 0 Å². The van der Waals surface area contributed by atoms with Crippen molar-refractivity contribution in [3.05, 3.63) is 25.3 Å². The summed E-state index contributed by atoms with van der Waals surface area (Å²) in [5.74, 6) is 0.150. The zero-order valence-electron chi connectivity index (χ0n) is 10.3. The van der Waals surface area contributed by atoms with Crippen LogP contribution in [-0.2, 0) is 4.79 Å². The maximum absolute atomic E-state index is 12.0. The first-order chi connectivity index (χ1) is 7.77. The van der Waals surface area contributed by atoms with E-state index in [1.54, 1.807) is 12.2 Å². The average Bonchev–Trinajstić information content (AvgIpc) is 2.30. The molecule has 98 valence electrons. The molecule has 0 aromatic heterocycles. The molecule has 1 saturated heterocycles. The van der Waals surface area contributed by atoms with Crippen LogP contribution in [0.15, 0.2) is 25.3 Å². The minimum Gasteiger partial charge on any atom is -0.353 e. The number of halogens is 1. The minimum atomic E-state index is 0. The minimum absolute atomic E-state index is 0. The van der Waals surface area contributed by atoms with Crippen molar-refractivity contribution < 1.29 is 4.79 Å². The average molecular weight is 259 g/mol. The molecule has 0 spiro atoms. The molecule has 0 unspecified atom stereocenters. The quantitative estimate of drug-likeness (QED) is 0.716. The Balaban J connectivity index is 0.00000256. The van der Waals surface area contributed by atoms with E-state index in [4.69, 9.17) is 0 Å². The predicted molar refractivity (Wildman–Crippen MR) is 74.4 cm³/mol. The van der Waals surface area contributed by atoms with E-state index in [9.17, 15) is 4.79 Å². The highest BCUT2D eigenvalue weighted by Crippen LogP contribution is 2.12. The Hall–Kier alpha value is -0.800. The molecule has 0 saturated carbocycles. The molecule has 4 heteroatoms. The van der Waals surface area contributed by atoms with Gasteiger partial charge in [-0.05, 0) is 38.8 Å². The number of carbonyl (C=O) groups is 1. The van der Waals surface area contributed by atoms with Crippen molar-refractivity contribution in [3.63, 3.8) is 0 Å². The summed E-state index contributed by atoms with van der Waals surface area (Å²) in [6, 6.07) is 0.339.